The van der Waals surface area contributed by atoms with Crippen molar-refractivity contribution in [1.29, 1.82) is 0 Å². The Kier molecular flexibility index (Phi) is 3.98. The first-order valence-electron chi connectivity index (χ1n) is 6.00. The number of carbonyl (C=O) groups is 1. The summed E-state index contributed by atoms with van der Waals surface area (Å²) in [6.45, 7) is 0.972. The predicted molar refractivity (Wildman–Crippen MR) is 66.6 cm³/mol. The number of ether oxygens (including phenoxy) is 1. The van der Waals surface area contributed by atoms with Gasteiger partial charge in [0.05, 0.1) is 6.61 Å². The summed E-state index contributed by atoms with van der Waals surface area (Å²) in [4.78, 5) is 11.4. The second kappa shape index (κ2) is 5.68. The number of carbonyl (C=O) groups excluding carboxylic acids is 1. The summed E-state index contributed by atoms with van der Waals surface area (Å²) in [5.74, 6) is 0.781. The Balaban J connectivity index is 1.75. The molecule has 4 heteroatoms. The third-order valence-corrected chi connectivity index (χ3v) is 2.87. The highest BCUT2D eigenvalue weighted by Crippen LogP contribution is 2.32. The number of benzene rings is 1. The predicted octanol–water partition coefficient (Wildman–Crippen LogP) is 2.49. The van der Waals surface area contributed by atoms with E-state index < -0.39 is 0 Å². The van der Waals surface area contributed by atoms with Crippen molar-refractivity contribution in [2.45, 2.75) is 25.8 Å². The molecule has 17 heavy (non-hydrogen) atoms. The third kappa shape index (κ3) is 4.07. The number of nitrogens with one attached hydrogen (secondary N) is 1. The zero-order chi connectivity index (χ0) is 12.1. The lowest BCUT2D eigenvalue weighted by Crippen LogP contribution is -2.14. The zero-order valence-corrected chi connectivity index (χ0v) is 9.82. The van der Waals surface area contributed by atoms with Gasteiger partial charge in [0.1, 0.15) is 0 Å². The first kappa shape index (κ1) is 11.9. The first-order valence-corrected chi connectivity index (χ1v) is 6.00. The maximum absolute atomic E-state index is 11.4. The molecule has 1 saturated carbocycles. The summed E-state index contributed by atoms with van der Waals surface area (Å²) in [6, 6.07) is 7.45. The van der Waals surface area contributed by atoms with E-state index in [4.69, 9.17) is 10.5 Å². The van der Waals surface area contributed by atoms with Crippen LogP contribution in [0.1, 0.15) is 24.8 Å². The molecule has 1 aliphatic carbocycles. The van der Waals surface area contributed by atoms with E-state index in [-0.39, 0.29) is 6.09 Å². The van der Waals surface area contributed by atoms with Gasteiger partial charge in [-0.1, -0.05) is 25.0 Å². The molecule has 0 aromatic heterocycles. The molecule has 1 aliphatic rings. The van der Waals surface area contributed by atoms with E-state index in [9.17, 15) is 4.79 Å². The summed E-state index contributed by atoms with van der Waals surface area (Å²) in [5, 5.41) is 2.69. The molecule has 1 aromatic rings. The lowest BCUT2D eigenvalue weighted by Gasteiger charge is -2.07. The molecule has 4 nitrogen and oxygen atoms in total. The van der Waals surface area contributed by atoms with Gasteiger partial charge in [0.25, 0.3) is 0 Å². The molecule has 1 amide bonds. The minimum absolute atomic E-state index is 0.389. The Morgan fingerprint density at radius 1 is 1.47 bits per heavy atom. The fourth-order valence-electron chi connectivity index (χ4n) is 1.65. The van der Waals surface area contributed by atoms with E-state index in [2.05, 4.69) is 5.32 Å². The minimum atomic E-state index is -0.389. The van der Waals surface area contributed by atoms with Gasteiger partial charge in [-0.15, -0.1) is 0 Å². The Labute approximate surface area is 101 Å². The Morgan fingerprint density at radius 2 is 2.29 bits per heavy atom. The van der Waals surface area contributed by atoms with Gasteiger partial charge in [-0.2, -0.15) is 0 Å². The van der Waals surface area contributed by atoms with Crippen LogP contribution in [0.3, 0.4) is 0 Å². The first-order chi connectivity index (χ1) is 8.28. The standard InChI is InChI=1S/C13H18N2O2/c14-9-11-2-1-3-12(8-11)15-13(16)17-7-6-10-4-5-10/h1-3,8,10H,4-7,9,14H2,(H,15,16). The van der Waals surface area contributed by atoms with Crippen LogP contribution in [-0.4, -0.2) is 12.7 Å². The minimum Gasteiger partial charge on any atom is -0.449 e. The normalized spacial score (nSPS) is 14.4. The fourth-order valence-corrected chi connectivity index (χ4v) is 1.65. The van der Waals surface area contributed by atoms with E-state index in [1.54, 1.807) is 0 Å². The van der Waals surface area contributed by atoms with Gasteiger partial charge in [0, 0.05) is 12.2 Å². The van der Waals surface area contributed by atoms with Gasteiger partial charge in [-0.05, 0) is 30.0 Å². The van der Waals surface area contributed by atoms with Crippen molar-refractivity contribution in [2.75, 3.05) is 11.9 Å². The molecule has 0 unspecified atom stereocenters. The molecule has 0 radical (unpaired) electrons. The largest absolute Gasteiger partial charge is 0.449 e. The summed E-state index contributed by atoms with van der Waals surface area (Å²) < 4.78 is 5.09. The lowest BCUT2D eigenvalue weighted by molar-refractivity contribution is 0.158. The van der Waals surface area contributed by atoms with Crippen LogP contribution in [0.25, 0.3) is 0 Å². The average Bonchev–Trinajstić information content (AvgIpc) is 3.13. The molecule has 0 aliphatic heterocycles. The quantitative estimate of drug-likeness (QED) is 0.822. The Morgan fingerprint density at radius 3 is 3.00 bits per heavy atom. The van der Waals surface area contributed by atoms with Gasteiger partial charge >= 0.3 is 6.09 Å². The molecule has 92 valence electrons. The second-order valence-electron chi connectivity index (χ2n) is 4.40. The van der Waals surface area contributed by atoms with Crippen molar-refractivity contribution < 1.29 is 9.53 Å². The van der Waals surface area contributed by atoms with Gasteiger partial charge in [0.2, 0.25) is 0 Å². The Hall–Kier alpha value is -1.55. The molecule has 2 rings (SSSR count). The van der Waals surface area contributed by atoms with Crippen molar-refractivity contribution in [2.24, 2.45) is 11.7 Å². The van der Waals surface area contributed by atoms with Crippen LogP contribution in [-0.2, 0) is 11.3 Å². The van der Waals surface area contributed by atoms with E-state index in [1.165, 1.54) is 12.8 Å². The van der Waals surface area contributed by atoms with Gasteiger partial charge in [0.15, 0.2) is 0 Å². The molecule has 0 atom stereocenters. The summed E-state index contributed by atoms with van der Waals surface area (Å²) >= 11 is 0. The van der Waals surface area contributed by atoms with Crippen LogP contribution >= 0.6 is 0 Å². The lowest BCUT2D eigenvalue weighted by atomic mass is 10.2. The van der Waals surface area contributed by atoms with Crippen LogP contribution < -0.4 is 11.1 Å². The average molecular weight is 234 g/mol. The maximum atomic E-state index is 11.4. The van der Waals surface area contributed by atoms with E-state index in [1.807, 2.05) is 24.3 Å². The molecule has 0 spiro atoms. The molecule has 0 saturated heterocycles. The Bertz CT molecular complexity index is 389. The van der Waals surface area contributed by atoms with Crippen LogP contribution in [0.5, 0.6) is 0 Å². The van der Waals surface area contributed by atoms with E-state index >= 15 is 0 Å². The maximum Gasteiger partial charge on any atom is 0.411 e. The van der Waals surface area contributed by atoms with Crippen molar-refractivity contribution in [3.63, 3.8) is 0 Å². The highest BCUT2D eigenvalue weighted by molar-refractivity contribution is 5.84. The number of amides is 1. The number of hydrogen-bond donors (Lipinski definition) is 2. The van der Waals surface area contributed by atoms with Crippen molar-refractivity contribution >= 4 is 11.8 Å². The second-order valence-corrected chi connectivity index (χ2v) is 4.40. The molecule has 1 fully saturated rings. The zero-order valence-electron chi connectivity index (χ0n) is 9.82. The highest BCUT2D eigenvalue weighted by Gasteiger charge is 2.21. The molecule has 1 aromatic carbocycles. The topological polar surface area (TPSA) is 64.3 Å². The van der Waals surface area contributed by atoms with Gasteiger partial charge < -0.3 is 10.5 Å². The molecular formula is C13H18N2O2. The number of hydrogen-bond acceptors (Lipinski definition) is 3. The fraction of sp³-hybridized carbons (Fsp3) is 0.462. The van der Waals surface area contributed by atoms with Crippen LogP contribution in [0, 0.1) is 5.92 Å². The van der Waals surface area contributed by atoms with Crippen molar-refractivity contribution in [1.82, 2.24) is 0 Å². The number of anilines is 1. The van der Waals surface area contributed by atoms with Crippen molar-refractivity contribution in [3.05, 3.63) is 29.8 Å². The molecule has 0 bridgehead atoms. The van der Waals surface area contributed by atoms with Gasteiger partial charge in [-0.3, -0.25) is 5.32 Å². The monoisotopic (exact) mass is 234 g/mol. The van der Waals surface area contributed by atoms with E-state index in [0.717, 1.165) is 23.6 Å². The summed E-state index contributed by atoms with van der Waals surface area (Å²) in [7, 11) is 0. The smallest absolute Gasteiger partial charge is 0.411 e. The third-order valence-electron chi connectivity index (χ3n) is 2.87. The van der Waals surface area contributed by atoms with Gasteiger partial charge in [-0.25, -0.2) is 4.79 Å². The molecular weight excluding hydrogens is 216 g/mol. The van der Waals surface area contributed by atoms with Crippen LogP contribution in [0.2, 0.25) is 0 Å². The van der Waals surface area contributed by atoms with E-state index in [0.29, 0.717) is 13.2 Å². The highest BCUT2D eigenvalue weighted by atomic mass is 16.5. The number of rotatable bonds is 5. The van der Waals surface area contributed by atoms with Crippen LogP contribution in [0.15, 0.2) is 24.3 Å². The summed E-state index contributed by atoms with van der Waals surface area (Å²) in [5.41, 5.74) is 7.24. The molecule has 3 N–H and O–H groups in total. The number of nitrogens with two attached hydrogens (primary N) is 1. The van der Waals surface area contributed by atoms with Crippen LogP contribution in [0.4, 0.5) is 10.5 Å². The SMILES string of the molecule is NCc1cccc(NC(=O)OCCC2CC2)c1. The summed E-state index contributed by atoms with van der Waals surface area (Å²) in [6.07, 6.45) is 3.16. The van der Waals surface area contributed by atoms with Crippen molar-refractivity contribution in [3.8, 4) is 0 Å². The molecule has 0 heterocycles.